The molecule has 0 aromatic heterocycles. The maximum atomic E-state index is 12.4. The Labute approximate surface area is 274 Å². The van der Waals surface area contributed by atoms with E-state index >= 15 is 0 Å². The Morgan fingerprint density at radius 1 is 1.02 bits per heavy atom. The number of nitrogens with zero attached hydrogens (tertiary/aromatic N) is 2. The predicted molar refractivity (Wildman–Crippen MR) is 161 cm³/mol. The predicted octanol–water partition coefficient (Wildman–Crippen LogP) is 6.02. The molecule has 1 N–H and O–H groups in total. The van der Waals surface area contributed by atoms with E-state index in [-0.39, 0.29) is 84.6 Å². The van der Waals surface area contributed by atoms with E-state index in [0.717, 1.165) is 16.0 Å². The fourth-order valence-electron chi connectivity index (χ4n) is 3.88. The summed E-state index contributed by atoms with van der Waals surface area (Å²) in [5.41, 5.74) is 1.85. The van der Waals surface area contributed by atoms with Crippen molar-refractivity contribution >= 4 is 26.2 Å². The maximum absolute atomic E-state index is 12.4. The van der Waals surface area contributed by atoms with Gasteiger partial charge in [-0.3, -0.25) is 9.59 Å². The zero-order chi connectivity index (χ0) is 31.0. The molecular formula is C30H56N2O6SiV2. The largest absolute Gasteiger partial charge is 0.447 e. The second-order valence-corrected chi connectivity index (χ2v) is 17.5. The molecule has 5 atom stereocenters. The number of rotatable bonds is 9. The number of carbonyl (C=O) groups is 3. The van der Waals surface area contributed by atoms with Gasteiger partial charge in [0.15, 0.2) is 8.32 Å². The van der Waals surface area contributed by atoms with Gasteiger partial charge in [0.1, 0.15) is 6.61 Å². The SMILES string of the molecule is C/C=C(\C)[C@@H](O)[C@H](C)C(=O)N1C(=O)OC[C@@H]1C(C)C.C/C=C(\C)[C@@H](O[Si](C)(C)C(C)(C)C)[C@H](C)C(=O)N(C)C.[V].[V]. The van der Waals surface area contributed by atoms with E-state index < -0.39 is 26.4 Å². The van der Waals surface area contributed by atoms with Crippen LogP contribution in [-0.2, 0) is 55.9 Å². The molecule has 2 radical (unpaired) electrons. The van der Waals surface area contributed by atoms with Crippen molar-refractivity contribution in [3.05, 3.63) is 23.3 Å². The molecule has 0 spiro atoms. The van der Waals surface area contributed by atoms with Gasteiger partial charge in [-0.15, -0.1) is 0 Å². The zero-order valence-corrected chi connectivity index (χ0v) is 31.9. The van der Waals surface area contributed by atoms with Crippen LogP contribution < -0.4 is 0 Å². The summed E-state index contributed by atoms with van der Waals surface area (Å²) >= 11 is 0. The summed E-state index contributed by atoms with van der Waals surface area (Å²) in [4.78, 5) is 39.1. The average molecular weight is 671 g/mol. The molecule has 0 aromatic carbocycles. The molecule has 0 bridgehead atoms. The molecule has 1 aliphatic heterocycles. The van der Waals surface area contributed by atoms with Crippen molar-refractivity contribution in [1.82, 2.24) is 9.80 Å². The number of imide groups is 1. The summed E-state index contributed by atoms with van der Waals surface area (Å²) < 4.78 is 11.5. The standard InChI is InChI=1S/C16H33NO2Si.C14H23NO4.2V/c1-11-12(2)14(13(3)15(18)17(7)8)19-20(9,10)16(4,5)6;1-6-9(4)12(16)10(5)13(17)15-11(8(2)3)7-19-14(15)18;;/h11,13-14H,1-10H3;6,8,10-12,16H,7H2,1-5H3;;/b12-11+;9-6+;;/t13-,14+;10-,11+,12+;;/m00../s1. The second kappa shape index (κ2) is 18.8. The molecule has 0 unspecified atom stereocenters. The summed E-state index contributed by atoms with van der Waals surface area (Å²) in [7, 11) is 1.70. The first-order chi connectivity index (χ1) is 17.7. The van der Waals surface area contributed by atoms with Crippen molar-refractivity contribution in [2.75, 3.05) is 20.7 Å². The third-order valence-corrected chi connectivity index (χ3v) is 12.6. The summed E-state index contributed by atoms with van der Waals surface area (Å²) in [5, 5.41) is 10.2. The van der Waals surface area contributed by atoms with Gasteiger partial charge < -0.3 is 19.2 Å². The molecule has 0 aromatic rings. The van der Waals surface area contributed by atoms with Gasteiger partial charge in [0, 0.05) is 51.2 Å². The van der Waals surface area contributed by atoms with Gasteiger partial charge in [-0.1, -0.05) is 60.6 Å². The summed E-state index contributed by atoms with van der Waals surface area (Å²) in [6.45, 7) is 26.4. The Kier molecular flexibility index (Phi) is 20.4. The van der Waals surface area contributed by atoms with Crippen LogP contribution in [0.2, 0.25) is 18.1 Å². The minimum absolute atomic E-state index is 0. The first kappa shape index (κ1) is 44.6. The number of amides is 3. The van der Waals surface area contributed by atoms with Crippen molar-refractivity contribution in [3.8, 4) is 0 Å². The van der Waals surface area contributed by atoms with Crippen LogP contribution in [-0.4, -0.2) is 80.1 Å². The van der Waals surface area contributed by atoms with Crippen LogP contribution in [0.5, 0.6) is 0 Å². The number of aliphatic hydroxyl groups is 1. The van der Waals surface area contributed by atoms with Crippen LogP contribution >= 0.6 is 0 Å². The van der Waals surface area contributed by atoms with Gasteiger partial charge in [0.25, 0.3) is 0 Å². The maximum Gasteiger partial charge on any atom is 0.416 e. The third kappa shape index (κ3) is 12.4. The number of cyclic esters (lactones) is 1. The van der Waals surface area contributed by atoms with Gasteiger partial charge in [-0.2, -0.15) is 0 Å². The molecule has 0 aliphatic carbocycles. The normalized spacial score (nSPS) is 19.1. The Balaban J connectivity index is -0.000000672. The van der Waals surface area contributed by atoms with Crippen LogP contribution in [0.25, 0.3) is 0 Å². The third-order valence-electron chi connectivity index (χ3n) is 8.11. The van der Waals surface area contributed by atoms with E-state index in [9.17, 15) is 19.5 Å². The van der Waals surface area contributed by atoms with E-state index in [4.69, 9.17) is 9.16 Å². The molecule has 41 heavy (non-hydrogen) atoms. The smallest absolute Gasteiger partial charge is 0.416 e. The Morgan fingerprint density at radius 2 is 1.49 bits per heavy atom. The number of carbonyl (C=O) groups excluding carboxylic acids is 3. The molecule has 1 rings (SSSR count). The summed E-state index contributed by atoms with van der Waals surface area (Å²) in [6, 6.07) is -0.249. The Morgan fingerprint density at radius 3 is 1.85 bits per heavy atom. The van der Waals surface area contributed by atoms with E-state index in [1.54, 1.807) is 45.8 Å². The molecule has 236 valence electrons. The van der Waals surface area contributed by atoms with Gasteiger partial charge >= 0.3 is 6.09 Å². The summed E-state index contributed by atoms with van der Waals surface area (Å²) in [5.74, 6) is -0.953. The van der Waals surface area contributed by atoms with Crippen molar-refractivity contribution < 1.29 is 65.8 Å². The molecule has 11 heteroatoms. The molecule has 1 fully saturated rings. The topological polar surface area (TPSA) is 96.4 Å². The zero-order valence-electron chi connectivity index (χ0n) is 28.1. The number of hydrogen-bond acceptors (Lipinski definition) is 6. The minimum Gasteiger partial charge on any atom is -0.447 e. The quantitative estimate of drug-likeness (QED) is 0.238. The second-order valence-electron chi connectivity index (χ2n) is 12.7. The van der Waals surface area contributed by atoms with Gasteiger partial charge in [-0.25, -0.2) is 9.69 Å². The van der Waals surface area contributed by atoms with E-state index in [1.807, 2.05) is 27.7 Å². The first-order valence-corrected chi connectivity index (χ1v) is 16.9. The molecule has 1 heterocycles. The van der Waals surface area contributed by atoms with E-state index in [0.29, 0.717) is 0 Å². The fraction of sp³-hybridized carbons (Fsp3) is 0.767. The van der Waals surface area contributed by atoms with E-state index in [2.05, 4.69) is 46.9 Å². The number of aliphatic hydroxyl groups excluding tert-OH is 1. The minimum atomic E-state index is -1.90. The molecule has 3 amide bonds. The molecule has 0 saturated carbocycles. The van der Waals surface area contributed by atoms with Crippen LogP contribution in [0.3, 0.4) is 0 Å². The molecular weight excluding hydrogens is 614 g/mol. The van der Waals surface area contributed by atoms with Crippen LogP contribution in [0.15, 0.2) is 23.3 Å². The molecule has 1 saturated heterocycles. The van der Waals surface area contributed by atoms with Crippen LogP contribution in [0, 0.1) is 17.8 Å². The Bertz CT molecular complexity index is 915. The molecule has 1 aliphatic rings. The van der Waals surface area contributed by atoms with Crippen LogP contribution in [0.1, 0.15) is 76.2 Å². The van der Waals surface area contributed by atoms with Crippen molar-refractivity contribution in [2.45, 2.75) is 113 Å². The van der Waals surface area contributed by atoms with Crippen molar-refractivity contribution in [3.63, 3.8) is 0 Å². The van der Waals surface area contributed by atoms with E-state index in [1.165, 1.54) is 0 Å². The van der Waals surface area contributed by atoms with Gasteiger partial charge in [0.2, 0.25) is 11.8 Å². The molecule has 8 nitrogen and oxygen atoms in total. The fourth-order valence-corrected chi connectivity index (χ4v) is 5.26. The van der Waals surface area contributed by atoms with Gasteiger partial charge in [-0.05, 0) is 62.9 Å². The first-order valence-electron chi connectivity index (χ1n) is 14.0. The number of ether oxygens (including phenoxy) is 1. The van der Waals surface area contributed by atoms with Crippen molar-refractivity contribution in [2.24, 2.45) is 17.8 Å². The monoisotopic (exact) mass is 670 g/mol. The van der Waals surface area contributed by atoms with Gasteiger partial charge in [0.05, 0.1) is 30.1 Å². The Hall–Kier alpha value is -0.804. The number of hydrogen-bond donors (Lipinski definition) is 1. The number of allylic oxidation sites excluding steroid dienone is 2. The van der Waals surface area contributed by atoms with Crippen molar-refractivity contribution in [1.29, 1.82) is 0 Å². The van der Waals surface area contributed by atoms with Crippen LogP contribution in [0.4, 0.5) is 4.79 Å². The average Bonchev–Trinajstić information content (AvgIpc) is 3.25. The summed E-state index contributed by atoms with van der Waals surface area (Å²) in [6.07, 6.45) is 2.20.